The maximum absolute atomic E-state index is 11.7. The number of benzene rings is 1. The minimum Gasteiger partial charge on any atom is -0.454 e. The molecule has 8 heteroatoms. The number of ether oxygens (including phenoxy) is 1. The van der Waals surface area contributed by atoms with E-state index in [-0.39, 0.29) is 11.3 Å². The molecule has 0 aliphatic rings. The van der Waals surface area contributed by atoms with E-state index in [1.54, 1.807) is 6.07 Å². The molecule has 4 N–H and O–H groups in total. The van der Waals surface area contributed by atoms with E-state index < -0.39 is 30.3 Å². The first-order valence-electron chi connectivity index (χ1n) is 6.16. The third-order valence-electron chi connectivity index (χ3n) is 2.62. The fourth-order valence-corrected chi connectivity index (χ4v) is 1.55. The van der Waals surface area contributed by atoms with Gasteiger partial charge in [-0.3, -0.25) is 4.79 Å². The highest BCUT2D eigenvalue weighted by Crippen LogP contribution is 2.10. The van der Waals surface area contributed by atoms with Gasteiger partial charge in [-0.25, -0.2) is 9.59 Å². The number of rotatable bonds is 6. The van der Waals surface area contributed by atoms with E-state index in [2.05, 4.69) is 5.32 Å². The molecule has 0 radical (unpaired) electrons. The summed E-state index contributed by atoms with van der Waals surface area (Å²) >= 11 is 0. The van der Waals surface area contributed by atoms with Crippen molar-refractivity contribution in [3.05, 3.63) is 29.8 Å². The van der Waals surface area contributed by atoms with Crippen LogP contribution in [0.5, 0.6) is 0 Å². The van der Waals surface area contributed by atoms with Crippen molar-refractivity contribution in [2.45, 2.75) is 6.92 Å². The van der Waals surface area contributed by atoms with Crippen LogP contribution in [0.1, 0.15) is 17.3 Å². The van der Waals surface area contributed by atoms with Crippen LogP contribution in [-0.2, 0) is 9.53 Å². The average Bonchev–Trinajstić information content (AvgIpc) is 2.45. The smallest absolute Gasteiger partial charge is 0.338 e. The molecule has 1 aromatic carbocycles. The second-order valence-corrected chi connectivity index (χ2v) is 4.35. The monoisotopic (exact) mass is 302 g/mol. The number of nitrogens with one attached hydrogen (secondary N) is 2. The fraction of sp³-hybridized carbons (Fsp3) is 0.214. The van der Waals surface area contributed by atoms with E-state index in [0.717, 1.165) is 0 Å². The van der Waals surface area contributed by atoms with Crippen LogP contribution in [0.15, 0.2) is 24.3 Å². The standard InChI is InChI=1S/C14H14N4O4/c1-8(16)11(6-15)12(19)7-22-13(20)9-2-4-10(5-3-9)18-14(17)21/h2-5,11,16H,7H2,1H3,(H3,17,18,21). The van der Waals surface area contributed by atoms with Crippen LogP contribution in [-0.4, -0.2) is 30.1 Å². The Kier molecular flexibility index (Phi) is 5.77. The summed E-state index contributed by atoms with van der Waals surface area (Å²) < 4.78 is 4.80. The Hall–Kier alpha value is -3.21. The van der Waals surface area contributed by atoms with Crippen molar-refractivity contribution < 1.29 is 19.1 Å². The molecule has 0 bridgehead atoms. The van der Waals surface area contributed by atoms with Crippen molar-refractivity contribution in [3.8, 4) is 6.07 Å². The van der Waals surface area contributed by atoms with Gasteiger partial charge in [-0.1, -0.05) is 0 Å². The largest absolute Gasteiger partial charge is 0.454 e. The highest BCUT2D eigenvalue weighted by atomic mass is 16.5. The van der Waals surface area contributed by atoms with Gasteiger partial charge in [0.1, 0.15) is 5.92 Å². The molecule has 1 unspecified atom stereocenters. The van der Waals surface area contributed by atoms with Crippen LogP contribution in [0.25, 0.3) is 0 Å². The molecule has 0 aromatic heterocycles. The Morgan fingerprint density at radius 3 is 2.41 bits per heavy atom. The van der Waals surface area contributed by atoms with Crippen molar-refractivity contribution in [2.24, 2.45) is 11.7 Å². The van der Waals surface area contributed by atoms with Crippen LogP contribution >= 0.6 is 0 Å². The SMILES string of the molecule is CC(=N)C(C#N)C(=O)COC(=O)c1ccc(NC(N)=O)cc1. The number of carbonyl (C=O) groups excluding carboxylic acids is 3. The topological polar surface area (TPSA) is 146 Å². The van der Waals surface area contributed by atoms with Gasteiger partial charge in [0.05, 0.1) is 11.6 Å². The van der Waals surface area contributed by atoms with E-state index in [0.29, 0.717) is 5.69 Å². The zero-order valence-corrected chi connectivity index (χ0v) is 11.8. The lowest BCUT2D eigenvalue weighted by molar-refractivity contribution is -0.122. The number of urea groups is 1. The molecule has 0 aliphatic carbocycles. The highest BCUT2D eigenvalue weighted by Gasteiger charge is 2.21. The van der Waals surface area contributed by atoms with Gasteiger partial charge in [-0.05, 0) is 31.2 Å². The van der Waals surface area contributed by atoms with Gasteiger partial charge in [0.2, 0.25) is 0 Å². The maximum atomic E-state index is 11.7. The van der Waals surface area contributed by atoms with Crippen LogP contribution in [0.3, 0.4) is 0 Å². The van der Waals surface area contributed by atoms with Gasteiger partial charge >= 0.3 is 12.0 Å². The molecule has 0 heterocycles. The van der Waals surface area contributed by atoms with Gasteiger partial charge in [-0.15, -0.1) is 0 Å². The third-order valence-corrected chi connectivity index (χ3v) is 2.62. The summed E-state index contributed by atoms with van der Waals surface area (Å²) in [6.07, 6.45) is 0. The molecule has 8 nitrogen and oxygen atoms in total. The molecular formula is C14H14N4O4. The second-order valence-electron chi connectivity index (χ2n) is 4.35. The Morgan fingerprint density at radius 1 is 1.36 bits per heavy atom. The predicted molar refractivity (Wildman–Crippen MR) is 77.4 cm³/mol. The van der Waals surface area contributed by atoms with Crippen LogP contribution in [0.2, 0.25) is 0 Å². The molecule has 0 saturated heterocycles. The summed E-state index contributed by atoms with van der Waals surface area (Å²) in [7, 11) is 0. The van der Waals surface area contributed by atoms with Gasteiger partial charge < -0.3 is 21.2 Å². The van der Waals surface area contributed by atoms with Crippen molar-refractivity contribution in [1.82, 2.24) is 0 Å². The number of ketones is 1. The molecule has 2 amide bonds. The Labute approximate surface area is 126 Å². The molecule has 0 fully saturated rings. The minimum absolute atomic E-state index is 0.106. The number of Topliss-reactive ketones (excluding diaryl/α,β-unsaturated/α-hetero) is 1. The van der Waals surface area contributed by atoms with E-state index >= 15 is 0 Å². The molecule has 22 heavy (non-hydrogen) atoms. The number of esters is 1. The summed E-state index contributed by atoms with van der Waals surface area (Å²) in [6, 6.07) is 6.62. The fourth-order valence-electron chi connectivity index (χ4n) is 1.55. The first-order chi connectivity index (χ1) is 10.3. The lowest BCUT2D eigenvalue weighted by Gasteiger charge is -2.08. The molecular weight excluding hydrogens is 288 g/mol. The first kappa shape index (κ1) is 16.8. The number of nitrogens with two attached hydrogens (primary N) is 1. The minimum atomic E-state index is -1.21. The number of nitrogens with zero attached hydrogens (tertiary/aromatic N) is 1. The molecule has 114 valence electrons. The predicted octanol–water partition coefficient (Wildman–Crippen LogP) is 1.08. The lowest BCUT2D eigenvalue weighted by Crippen LogP contribution is -2.25. The number of amides is 2. The van der Waals surface area contributed by atoms with E-state index in [1.165, 1.54) is 31.2 Å². The van der Waals surface area contributed by atoms with E-state index in [4.69, 9.17) is 21.1 Å². The summed E-state index contributed by atoms with van der Waals surface area (Å²) in [5.74, 6) is -2.62. The Bertz CT molecular complexity index is 646. The molecule has 0 saturated carbocycles. The average molecular weight is 302 g/mol. The molecule has 1 atom stereocenters. The number of hydrogen-bond acceptors (Lipinski definition) is 6. The Balaban J connectivity index is 2.62. The summed E-state index contributed by atoms with van der Waals surface area (Å²) in [4.78, 5) is 34.0. The van der Waals surface area contributed by atoms with Gasteiger partial charge in [-0.2, -0.15) is 5.26 Å². The van der Waals surface area contributed by atoms with E-state index in [1.807, 2.05) is 0 Å². The number of hydrogen-bond donors (Lipinski definition) is 3. The lowest BCUT2D eigenvalue weighted by atomic mass is 10.0. The van der Waals surface area contributed by atoms with E-state index in [9.17, 15) is 14.4 Å². The summed E-state index contributed by atoms with van der Waals surface area (Å²) in [6.45, 7) is 0.743. The number of carbonyl (C=O) groups is 3. The quantitative estimate of drug-likeness (QED) is 0.531. The normalized spacial score (nSPS) is 10.9. The number of nitriles is 1. The summed E-state index contributed by atoms with van der Waals surface area (Å²) in [5.41, 5.74) is 5.42. The molecule has 1 aromatic rings. The van der Waals surface area contributed by atoms with Gasteiger partial charge in [0, 0.05) is 11.4 Å². The zero-order chi connectivity index (χ0) is 16.7. The molecule has 1 rings (SSSR count). The third kappa shape index (κ3) is 4.72. The maximum Gasteiger partial charge on any atom is 0.338 e. The van der Waals surface area contributed by atoms with Crippen molar-refractivity contribution >= 4 is 29.2 Å². The van der Waals surface area contributed by atoms with Crippen LogP contribution in [0.4, 0.5) is 10.5 Å². The van der Waals surface area contributed by atoms with Crippen LogP contribution < -0.4 is 11.1 Å². The number of anilines is 1. The Morgan fingerprint density at radius 2 is 1.95 bits per heavy atom. The van der Waals surface area contributed by atoms with Gasteiger partial charge in [0.25, 0.3) is 0 Å². The van der Waals surface area contributed by atoms with Crippen molar-refractivity contribution in [1.29, 1.82) is 10.7 Å². The summed E-state index contributed by atoms with van der Waals surface area (Å²) in [5, 5.41) is 18.4. The zero-order valence-electron chi connectivity index (χ0n) is 11.8. The van der Waals surface area contributed by atoms with Crippen molar-refractivity contribution in [3.63, 3.8) is 0 Å². The first-order valence-corrected chi connectivity index (χ1v) is 6.16. The van der Waals surface area contributed by atoms with Crippen LogP contribution in [0, 0.1) is 22.7 Å². The molecule has 0 aliphatic heterocycles. The van der Waals surface area contributed by atoms with Gasteiger partial charge in [0.15, 0.2) is 12.4 Å². The highest BCUT2D eigenvalue weighted by molar-refractivity contribution is 6.06. The second kappa shape index (κ2) is 7.54. The van der Waals surface area contributed by atoms with Crippen molar-refractivity contribution in [2.75, 3.05) is 11.9 Å². The molecule has 0 spiro atoms. The number of primary amides is 1.